The van der Waals surface area contributed by atoms with Crippen molar-refractivity contribution in [2.75, 3.05) is 89.2 Å². The number of halogens is 1. The van der Waals surface area contributed by atoms with Crippen LogP contribution in [0.5, 0.6) is 0 Å². The number of rotatable bonds is 14. The molecule has 4 N–H and O–H groups in total. The minimum atomic E-state index is -1.69. The Labute approximate surface area is 605 Å². The predicted octanol–water partition coefficient (Wildman–Crippen LogP) is 5.77. The average molecular weight is 1510 g/mol. The fourth-order valence-corrected chi connectivity index (χ4v) is 16.1. The van der Waals surface area contributed by atoms with Gasteiger partial charge in [0.15, 0.2) is 0 Å². The molecule has 0 spiro atoms. The van der Waals surface area contributed by atoms with Crippen molar-refractivity contribution in [2.24, 2.45) is 41.4 Å². The fraction of sp³-hybridized carbons (Fsp3) is 0.836. The minimum absolute atomic E-state index is 0.0256. The molecule has 5 rings (SSSR count). The first kappa shape index (κ1) is 84.0. The molecule has 0 radical (unpaired) electrons. The number of carbonyl (C=O) groups is 12. The number of amides is 12. The topological polar surface area (TPSA) is 288 Å². The molecule has 3 aliphatic carbocycles. The van der Waals surface area contributed by atoms with E-state index >= 15 is 19.2 Å². The Hall–Kier alpha value is -5.67. The Morgan fingerprint density at radius 2 is 1.16 bits per heavy atom. The summed E-state index contributed by atoms with van der Waals surface area (Å²) in [6.45, 7) is 15.8. The minimum Gasteiger partial charge on any atom is -0.381 e. The largest absolute Gasteiger partial charge is 0.381 e. The highest BCUT2D eigenvalue weighted by atomic mass is 127. The molecule has 12 amide bonds. The maximum absolute atomic E-state index is 15.5. The Morgan fingerprint density at radius 3 is 1.77 bits per heavy atom. The number of likely N-dealkylation sites (tertiary alicyclic amines) is 1. The Bertz CT molecular complexity index is 2780. The van der Waals surface area contributed by atoms with Crippen LogP contribution in [-0.2, 0) is 62.3 Å². The summed E-state index contributed by atoms with van der Waals surface area (Å²) in [5, 5.41) is 11.9. The van der Waals surface area contributed by atoms with Gasteiger partial charge in [-0.3, -0.25) is 57.5 Å². The molecule has 99 heavy (non-hydrogen) atoms. The van der Waals surface area contributed by atoms with Crippen LogP contribution in [0, 0.1) is 41.4 Å². The molecule has 562 valence electrons. The van der Waals surface area contributed by atoms with Crippen LogP contribution >= 0.6 is 22.6 Å². The number of piperidine rings is 1. The number of hydrogen-bond acceptors (Lipinski definition) is 13. The average Bonchev–Trinajstić information content (AvgIpc) is 0.809. The fourth-order valence-electron chi connectivity index (χ4n) is 15.0. The molecule has 0 aromatic heterocycles. The predicted molar refractivity (Wildman–Crippen MR) is 388 cm³/mol. The molecule has 3 saturated carbocycles. The molecule has 5 aliphatic rings. The van der Waals surface area contributed by atoms with E-state index in [1.807, 2.05) is 34.6 Å². The van der Waals surface area contributed by atoms with E-state index in [9.17, 15) is 38.4 Å². The van der Waals surface area contributed by atoms with E-state index in [1.165, 1.54) is 83.6 Å². The summed E-state index contributed by atoms with van der Waals surface area (Å²) in [7, 11) is 11.8. The van der Waals surface area contributed by atoms with Crippen molar-refractivity contribution < 1.29 is 62.3 Å². The zero-order chi connectivity index (χ0) is 73.9. The molecule has 2 aliphatic heterocycles. The summed E-state index contributed by atoms with van der Waals surface area (Å²) in [5.74, 6) is -7.68. The van der Waals surface area contributed by atoms with E-state index in [1.54, 1.807) is 32.8 Å². The Balaban J connectivity index is 1.63. The molecule has 0 bridgehead atoms. The first-order valence-electron chi connectivity index (χ1n) is 37.0. The number of ether oxygens (including phenoxy) is 1. The molecule has 2 heterocycles. The summed E-state index contributed by atoms with van der Waals surface area (Å²) >= 11 is 2.42. The van der Waals surface area contributed by atoms with Gasteiger partial charge in [-0.05, 0) is 132 Å². The van der Waals surface area contributed by atoms with Crippen LogP contribution in [0.25, 0.3) is 0 Å². The van der Waals surface area contributed by atoms with Crippen LogP contribution in [0.1, 0.15) is 204 Å². The second-order valence-electron chi connectivity index (χ2n) is 31.3. The highest BCUT2D eigenvalue weighted by molar-refractivity contribution is 14.1. The lowest BCUT2D eigenvalue weighted by atomic mass is 9.79. The quantitative estimate of drug-likeness (QED) is 0.119. The lowest BCUT2D eigenvalue weighted by molar-refractivity contribution is -0.152. The first-order valence-corrected chi connectivity index (χ1v) is 38.2. The van der Waals surface area contributed by atoms with Crippen molar-refractivity contribution in [1.29, 1.82) is 0 Å². The third-order valence-corrected chi connectivity index (χ3v) is 23.3. The number of nitrogens with zero attached hydrogens (tertiary/aromatic N) is 8. The van der Waals surface area contributed by atoms with E-state index < -0.39 is 151 Å². The van der Waals surface area contributed by atoms with Crippen molar-refractivity contribution in [3.8, 4) is 0 Å². The summed E-state index contributed by atoms with van der Waals surface area (Å²) < 4.78 is 6.32. The maximum atomic E-state index is 15.5. The van der Waals surface area contributed by atoms with Gasteiger partial charge in [0.25, 0.3) is 0 Å². The van der Waals surface area contributed by atoms with Crippen molar-refractivity contribution in [3.63, 3.8) is 0 Å². The molecule has 12 atom stereocenters. The molecule has 5 fully saturated rings. The lowest BCUT2D eigenvalue weighted by Gasteiger charge is -2.40. The number of alkyl halides is 1. The highest BCUT2D eigenvalue weighted by Crippen LogP contribution is 2.35. The SMILES string of the molecule is CC[C@H](C)[C@@H]1NC(=O)[C@H](CC(C)C)N(C)C(=O)C[C@@H](C(=O)N2CCCCC2)N(C)C(=O)[C@H](CC(C)C)NC(=O)C(C)(C)N(C)C(=O)[C@H](CC2CCCCC2OC)NC(=O)[C@H](CC2CCCC(I)C2)NC(=O)CN(C)C(=O)[C@H](CC2CCC(C)CC2)N(C)C(=O)CN(C)C(=O)CN(C)C1=O. The first-order chi connectivity index (χ1) is 46.5. The number of hydrogen-bond donors (Lipinski definition) is 4. The number of likely N-dealkylation sites (N-methyl/N-ethyl adjacent to an activating group) is 7. The molecular weight excluding hydrogens is 1380 g/mol. The second-order valence-corrected chi connectivity index (χ2v) is 33.1. The molecule has 0 aromatic carbocycles. The van der Waals surface area contributed by atoms with E-state index in [4.69, 9.17) is 4.74 Å². The van der Waals surface area contributed by atoms with Gasteiger partial charge in [-0.1, -0.05) is 129 Å². The van der Waals surface area contributed by atoms with Gasteiger partial charge in [-0.25, -0.2) is 0 Å². The Morgan fingerprint density at radius 1 is 0.556 bits per heavy atom. The van der Waals surface area contributed by atoms with Crippen LogP contribution in [-0.4, -0.2) is 257 Å². The summed E-state index contributed by atoms with van der Waals surface area (Å²) in [5.41, 5.74) is -1.69. The van der Waals surface area contributed by atoms with Gasteiger partial charge in [0.1, 0.15) is 47.8 Å². The van der Waals surface area contributed by atoms with Crippen molar-refractivity contribution in [3.05, 3.63) is 0 Å². The van der Waals surface area contributed by atoms with Gasteiger partial charge in [0.2, 0.25) is 70.9 Å². The summed E-state index contributed by atoms with van der Waals surface area (Å²) in [6.07, 6.45) is 13.1. The lowest BCUT2D eigenvalue weighted by Crippen LogP contribution is -2.64. The van der Waals surface area contributed by atoms with Crippen LogP contribution < -0.4 is 21.3 Å². The second kappa shape index (κ2) is 39.1. The monoisotopic (exact) mass is 1500 g/mol. The Kier molecular flexibility index (Phi) is 33.2. The van der Waals surface area contributed by atoms with Gasteiger partial charge in [-0.2, -0.15) is 0 Å². The molecular formula is C73H125IN12O13. The van der Waals surface area contributed by atoms with E-state index in [-0.39, 0.29) is 61.4 Å². The van der Waals surface area contributed by atoms with Crippen molar-refractivity contribution in [2.45, 2.75) is 261 Å². The molecule has 25 nitrogen and oxygen atoms in total. The van der Waals surface area contributed by atoms with E-state index in [0.29, 0.717) is 55.0 Å². The van der Waals surface area contributed by atoms with Gasteiger partial charge in [-0.15, -0.1) is 0 Å². The van der Waals surface area contributed by atoms with Gasteiger partial charge < -0.3 is 65.2 Å². The van der Waals surface area contributed by atoms with Gasteiger partial charge in [0.05, 0.1) is 32.2 Å². The third-order valence-electron chi connectivity index (χ3n) is 22.2. The van der Waals surface area contributed by atoms with Crippen LogP contribution in [0.3, 0.4) is 0 Å². The number of carbonyl (C=O) groups excluding carboxylic acids is 12. The zero-order valence-corrected chi connectivity index (χ0v) is 65.2. The normalized spacial score (nSPS) is 30.7. The van der Waals surface area contributed by atoms with Crippen LogP contribution in [0.2, 0.25) is 0 Å². The van der Waals surface area contributed by atoms with Crippen LogP contribution in [0.4, 0.5) is 0 Å². The smallest absolute Gasteiger partial charge is 0.246 e. The zero-order valence-electron chi connectivity index (χ0n) is 63.1. The molecule has 2 saturated heterocycles. The number of methoxy groups -OCH3 is 1. The van der Waals surface area contributed by atoms with Crippen molar-refractivity contribution in [1.82, 2.24) is 60.5 Å². The molecule has 26 heteroatoms. The molecule has 0 aromatic rings. The van der Waals surface area contributed by atoms with Crippen molar-refractivity contribution >= 4 is 93.5 Å². The van der Waals surface area contributed by atoms with Gasteiger partial charge >= 0.3 is 0 Å². The van der Waals surface area contributed by atoms with Crippen LogP contribution in [0.15, 0.2) is 0 Å². The maximum Gasteiger partial charge on any atom is 0.246 e. The van der Waals surface area contributed by atoms with E-state index in [0.717, 1.165) is 77.0 Å². The van der Waals surface area contributed by atoms with E-state index in [2.05, 4.69) is 50.8 Å². The summed E-state index contributed by atoms with van der Waals surface area (Å²) in [4.78, 5) is 189. The summed E-state index contributed by atoms with van der Waals surface area (Å²) in [6, 6.07) is -8.43. The van der Waals surface area contributed by atoms with Gasteiger partial charge in [0, 0.05) is 73.5 Å². The standard InChI is InChI=1S/C73H125IN12O13/c1-18-48(7)64-71(97)81(12)43-62(89)79(10)44-63(90)83(14)57(39-49-31-29-47(6)30-32-49)69(95)80(11)42-60(87)75-53(38-50-25-24-27-52(74)37-50)65(91)76-55(40-51-26-20-21-28-59(51)99-17)68(94)85(16)73(8,9)72(98)77-54(35-45(2)3)67(93)84(15)58(70(96)86-33-22-19-23-34-86)41-61(88)82(13)56(36-46(4)5)66(92)78-64/h45-59,64H,18-44H2,1-17H3,(H,75,87)(H,76,91)(H,77,98)(H,78,92)/t47?,48-,49?,50?,51?,52?,53-,54-,55-,56-,57-,58-,59?,64-/m0/s1. The number of nitrogens with one attached hydrogen (secondary N) is 4. The highest BCUT2D eigenvalue weighted by Gasteiger charge is 2.46. The molecule has 4 unspecified atom stereocenters. The third kappa shape index (κ3) is 24.0.